The smallest absolute Gasteiger partial charge is 0.338 e. The average Bonchev–Trinajstić information content (AvgIpc) is 3.04. The highest BCUT2D eigenvalue weighted by Gasteiger charge is 2.46. The van der Waals surface area contributed by atoms with Crippen LogP contribution in [0.15, 0.2) is 48.5 Å². The van der Waals surface area contributed by atoms with Crippen molar-refractivity contribution in [2.45, 2.75) is 24.6 Å². The van der Waals surface area contributed by atoms with E-state index < -0.39 is 23.9 Å². The first-order valence-electron chi connectivity index (χ1n) is 8.69. The van der Waals surface area contributed by atoms with Crippen LogP contribution in [0.25, 0.3) is 0 Å². The van der Waals surface area contributed by atoms with Crippen LogP contribution in [0, 0.1) is 0 Å². The fourth-order valence-corrected chi connectivity index (χ4v) is 3.91. The van der Waals surface area contributed by atoms with Gasteiger partial charge in [-0.2, -0.15) is 13.2 Å². The number of Topliss-reactive ketones (excluding diaryl/α,β-unsaturated/α-hetero) is 1. The molecule has 8 heteroatoms. The standard InChI is InChI=1S/C20H15F3N2O3/c21-20(22,23)19(28)24-14-9-12-10-25(18(27)11-5-2-1-3-6-11)15-8-4-7-13(16(12)15)17(14)26/h1-8,12,14H,9-10H2,(H,24,28)/t12-,14+/m1/s1. The van der Waals surface area contributed by atoms with E-state index in [0.717, 1.165) is 0 Å². The molecule has 0 unspecified atom stereocenters. The normalized spacial score (nSPS) is 20.7. The van der Waals surface area contributed by atoms with Gasteiger partial charge in [0, 0.05) is 29.3 Å². The molecule has 28 heavy (non-hydrogen) atoms. The lowest BCUT2D eigenvalue weighted by molar-refractivity contribution is -0.174. The third kappa shape index (κ3) is 2.94. The van der Waals surface area contributed by atoms with Gasteiger partial charge in [-0.15, -0.1) is 0 Å². The number of hydrogen-bond donors (Lipinski definition) is 1. The highest BCUT2D eigenvalue weighted by atomic mass is 19.4. The Morgan fingerprint density at radius 2 is 1.75 bits per heavy atom. The number of nitrogens with zero attached hydrogens (tertiary/aromatic N) is 1. The lowest BCUT2D eigenvalue weighted by Crippen LogP contribution is -2.49. The highest BCUT2D eigenvalue weighted by molar-refractivity contribution is 6.11. The van der Waals surface area contributed by atoms with Crippen LogP contribution in [-0.2, 0) is 4.79 Å². The van der Waals surface area contributed by atoms with Crippen LogP contribution in [0.2, 0.25) is 0 Å². The first-order valence-corrected chi connectivity index (χ1v) is 8.69. The molecule has 2 aliphatic rings. The maximum absolute atomic E-state index is 12.9. The first-order chi connectivity index (χ1) is 13.3. The Morgan fingerprint density at radius 3 is 2.43 bits per heavy atom. The molecule has 1 aliphatic heterocycles. The zero-order valence-electron chi connectivity index (χ0n) is 14.5. The van der Waals surface area contributed by atoms with E-state index >= 15 is 0 Å². The molecule has 1 heterocycles. The van der Waals surface area contributed by atoms with Crippen LogP contribution in [0.5, 0.6) is 0 Å². The summed E-state index contributed by atoms with van der Waals surface area (Å²) in [7, 11) is 0. The van der Waals surface area contributed by atoms with Gasteiger partial charge in [0.15, 0.2) is 5.78 Å². The molecule has 0 bridgehead atoms. The second-order valence-electron chi connectivity index (χ2n) is 6.84. The summed E-state index contributed by atoms with van der Waals surface area (Å²) in [6.07, 6.45) is -5.05. The number of nitrogens with one attached hydrogen (secondary N) is 1. The predicted molar refractivity (Wildman–Crippen MR) is 94.2 cm³/mol. The first kappa shape index (κ1) is 18.2. The molecule has 2 aromatic rings. The van der Waals surface area contributed by atoms with Crippen molar-refractivity contribution in [1.29, 1.82) is 0 Å². The Balaban J connectivity index is 1.66. The van der Waals surface area contributed by atoms with Crippen molar-refractivity contribution in [2.24, 2.45) is 0 Å². The van der Waals surface area contributed by atoms with Crippen molar-refractivity contribution in [1.82, 2.24) is 5.32 Å². The molecule has 0 radical (unpaired) electrons. The summed E-state index contributed by atoms with van der Waals surface area (Å²) in [5, 5.41) is 1.80. The fourth-order valence-electron chi connectivity index (χ4n) is 3.91. The third-order valence-electron chi connectivity index (χ3n) is 5.12. The van der Waals surface area contributed by atoms with Crippen molar-refractivity contribution >= 4 is 23.3 Å². The number of hydrogen-bond acceptors (Lipinski definition) is 3. The summed E-state index contributed by atoms with van der Waals surface area (Å²) in [6, 6.07) is 12.2. The number of halogens is 3. The number of carbonyl (C=O) groups is 3. The molecule has 2 aromatic carbocycles. The SMILES string of the molecule is O=C1c2cccc3c2[C@H](C[C@@H]1NC(=O)C(F)(F)F)CN3C(=O)c1ccccc1. The number of benzene rings is 2. The van der Waals surface area contributed by atoms with Gasteiger partial charge in [-0.1, -0.05) is 30.3 Å². The Kier molecular flexibility index (Phi) is 4.21. The minimum absolute atomic E-state index is 0.0171. The van der Waals surface area contributed by atoms with E-state index in [1.807, 2.05) is 0 Å². The Morgan fingerprint density at radius 1 is 1.04 bits per heavy atom. The average molecular weight is 388 g/mol. The lowest BCUT2D eigenvalue weighted by atomic mass is 9.80. The van der Waals surface area contributed by atoms with Crippen molar-refractivity contribution in [3.63, 3.8) is 0 Å². The Labute approximate surface area is 158 Å². The topological polar surface area (TPSA) is 66.5 Å². The molecule has 0 spiro atoms. The molecule has 2 atom stereocenters. The number of amides is 2. The second kappa shape index (κ2) is 6.47. The molecule has 2 amide bonds. The van der Waals surface area contributed by atoms with E-state index in [-0.39, 0.29) is 30.4 Å². The summed E-state index contributed by atoms with van der Waals surface area (Å²) < 4.78 is 37.8. The minimum Gasteiger partial charge on any atom is -0.338 e. The van der Waals surface area contributed by atoms with Gasteiger partial charge in [-0.25, -0.2) is 0 Å². The van der Waals surface area contributed by atoms with Crippen LogP contribution in [-0.4, -0.2) is 36.4 Å². The van der Waals surface area contributed by atoms with Crippen molar-refractivity contribution in [3.8, 4) is 0 Å². The number of anilines is 1. The molecule has 144 valence electrons. The zero-order chi connectivity index (χ0) is 20.1. The van der Waals surface area contributed by atoms with E-state index in [0.29, 0.717) is 16.8 Å². The van der Waals surface area contributed by atoms with Crippen LogP contribution >= 0.6 is 0 Å². The maximum atomic E-state index is 12.9. The van der Waals surface area contributed by atoms with Crippen molar-refractivity contribution < 1.29 is 27.6 Å². The molecule has 1 aliphatic carbocycles. The van der Waals surface area contributed by atoms with Gasteiger partial charge >= 0.3 is 12.1 Å². The fraction of sp³-hybridized carbons (Fsp3) is 0.250. The van der Waals surface area contributed by atoms with E-state index in [4.69, 9.17) is 0 Å². The summed E-state index contributed by atoms with van der Waals surface area (Å²) in [6.45, 7) is 0.242. The third-order valence-corrected chi connectivity index (χ3v) is 5.12. The largest absolute Gasteiger partial charge is 0.471 e. The molecule has 5 nitrogen and oxygen atoms in total. The van der Waals surface area contributed by atoms with Gasteiger partial charge < -0.3 is 10.2 Å². The van der Waals surface area contributed by atoms with Crippen LogP contribution < -0.4 is 10.2 Å². The van der Waals surface area contributed by atoms with E-state index in [1.165, 1.54) is 6.07 Å². The lowest BCUT2D eigenvalue weighted by Gasteiger charge is -2.27. The van der Waals surface area contributed by atoms with Crippen LogP contribution in [0.1, 0.15) is 38.6 Å². The predicted octanol–water partition coefficient (Wildman–Crippen LogP) is 3.06. The highest BCUT2D eigenvalue weighted by Crippen LogP contribution is 2.45. The molecule has 0 aromatic heterocycles. The van der Waals surface area contributed by atoms with Gasteiger partial charge in [0.2, 0.25) is 0 Å². The number of ketones is 1. The van der Waals surface area contributed by atoms with Gasteiger partial charge in [0.05, 0.1) is 6.04 Å². The molecular weight excluding hydrogens is 373 g/mol. The summed E-state index contributed by atoms with van der Waals surface area (Å²) in [5.41, 5.74) is 1.98. The van der Waals surface area contributed by atoms with Gasteiger partial charge in [-0.05, 0) is 30.2 Å². The second-order valence-corrected chi connectivity index (χ2v) is 6.84. The molecule has 0 fully saturated rings. The van der Waals surface area contributed by atoms with Crippen LogP contribution in [0.3, 0.4) is 0 Å². The zero-order valence-corrected chi connectivity index (χ0v) is 14.5. The summed E-state index contributed by atoms with van der Waals surface area (Å²) in [5.74, 6) is -3.28. The number of carbonyl (C=O) groups excluding carboxylic acids is 3. The summed E-state index contributed by atoms with van der Waals surface area (Å²) in [4.78, 5) is 38.4. The molecule has 0 saturated heterocycles. The van der Waals surface area contributed by atoms with E-state index in [1.54, 1.807) is 52.7 Å². The number of alkyl halides is 3. The molecule has 0 saturated carbocycles. The Bertz CT molecular complexity index is 972. The minimum atomic E-state index is -5.06. The molecular formula is C20H15F3N2O3. The van der Waals surface area contributed by atoms with E-state index in [9.17, 15) is 27.6 Å². The molecule has 1 N–H and O–H groups in total. The Hall–Kier alpha value is -3.16. The monoisotopic (exact) mass is 388 g/mol. The number of rotatable bonds is 2. The van der Waals surface area contributed by atoms with Gasteiger partial charge in [-0.3, -0.25) is 14.4 Å². The maximum Gasteiger partial charge on any atom is 0.471 e. The summed E-state index contributed by atoms with van der Waals surface area (Å²) >= 11 is 0. The van der Waals surface area contributed by atoms with Crippen LogP contribution in [0.4, 0.5) is 18.9 Å². The van der Waals surface area contributed by atoms with Crippen molar-refractivity contribution in [2.75, 3.05) is 11.4 Å². The van der Waals surface area contributed by atoms with Crippen molar-refractivity contribution in [3.05, 3.63) is 65.2 Å². The van der Waals surface area contributed by atoms with Gasteiger partial charge in [0.1, 0.15) is 0 Å². The molecule has 4 rings (SSSR count). The quantitative estimate of drug-likeness (QED) is 0.860. The van der Waals surface area contributed by atoms with Gasteiger partial charge in [0.25, 0.3) is 5.91 Å². The van der Waals surface area contributed by atoms with E-state index in [2.05, 4.69) is 0 Å².